The van der Waals surface area contributed by atoms with Gasteiger partial charge in [-0.1, -0.05) is 13.0 Å². The lowest BCUT2D eigenvalue weighted by Crippen LogP contribution is -2.47. The van der Waals surface area contributed by atoms with Crippen molar-refractivity contribution in [2.24, 2.45) is 5.92 Å². The molecular weight excluding hydrogens is 278 g/mol. The summed E-state index contributed by atoms with van der Waals surface area (Å²) in [5, 5.41) is 12.9. The molecule has 1 aromatic rings. The summed E-state index contributed by atoms with van der Waals surface area (Å²) in [4.78, 5) is 16.4. The number of carbonyl (C=O) groups excluding carboxylic acids is 1. The minimum atomic E-state index is -0.421. The zero-order chi connectivity index (χ0) is 15.5. The van der Waals surface area contributed by atoms with Crippen LogP contribution in [-0.2, 0) is 0 Å². The molecule has 0 aromatic heterocycles. The van der Waals surface area contributed by atoms with Gasteiger partial charge in [0.05, 0.1) is 6.10 Å². The van der Waals surface area contributed by atoms with Gasteiger partial charge >= 0.3 is 6.03 Å². The van der Waals surface area contributed by atoms with Crippen LogP contribution in [0.4, 0.5) is 16.2 Å². The number of benzene rings is 1. The van der Waals surface area contributed by atoms with Crippen molar-refractivity contribution in [3.8, 4) is 0 Å². The molecule has 1 aromatic carbocycles. The molecule has 2 fully saturated rings. The molecule has 0 saturated carbocycles. The number of likely N-dealkylation sites (tertiary alicyclic amines) is 1. The molecule has 2 unspecified atom stereocenters. The van der Waals surface area contributed by atoms with Gasteiger partial charge in [0.25, 0.3) is 0 Å². The molecule has 0 bridgehead atoms. The van der Waals surface area contributed by atoms with Crippen LogP contribution in [0.5, 0.6) is 0 Å². The molecule has 5 heteroatoms. The molecule has 22 heavy (non-hydrogen) atoms. The highest BCUT2D eigenvalue weighted by molar-refractivity contribution is 5.90. The van der Waals surface area contributed by atoms with Gasteiger partial charge in [-0.25, -0.2) is 4.79 Å². The van der Waals surface area contributed by atoms with E-state index in [9.17, 15) is 9.90 Å². The van der Waals surface area contributed by atoms with Crippen molar-refractivity contribution in [1.29, 1.82) is 0 Å². The molecule has 2 saturated heterocycles. The fourth-order valence-electron chi connectivity index (χ4n) is 3.19. The number of anilines is 2. The third-order valence-corrected chi connectivity index (χ3v) is 4.77. The Balaban J connectivity index is 1.62. The second-order valence-corrected chi connectivity index (χ2v) is 6.45. The van der Waals surface area contributed by atoms with Crippen LogP contribution in [-0.4, -0.2) is 48.3 Å². The van der Waals surface area contributed by atoms with Gasteiger partial charge in [-0.05, 0) is 43.4 Å². The second-order valence-electron chi connectivity index (χ2n) is 6.45. The predicted molar refractivity (Wildman–Crippen MR) is 88.3 cm³/mol. The van der Waals surface area contributed by atoms with Crippen molar-refractivity contribution >= 4 is 17.4 Å². The first-order valence-electron chi connectivity index (χ1n) is 8.22. The third-order valence-electron chi connectivity index (χ3n) is 4.77. The Hall–Kier alpha value is -1.75. The molecule has 0 radical (unpaired) electrons. The summed E-state index contributed by atoms with van der Waals surface area (Å²) >= 11 is 0. The van der Waals surface area contributed by atoms with E-state index < -0.39 is 6.10 Å². The highest BCUT2D eigenvalue weighted by Crippen LogP contribution is 2.24. The average molecular weight is 303 g/mol. The van der Waals surface area contributed by atoms with Crippen molar-refractivity contribution in [2.75, 3.05) is 36.4 Å². The maximum absolute atomic E-state index is 12.3. The summed E-state index contributed by atoms with van der Waals surface area (Å²) in [6, 6.07) is 7.90. The number of β-amino-alcohol motifs (C(OH)–C–C–N with tert-alkyl or cyclic N) is 1. The minimum Gasteiger partial charge on any atom is -0.391 e. The lowest BCUT2D eigenvalue weighted by molar-refractivity contribution is 0.0464. The van der Waals surface area contributed by atoms with Crippen LogP contribution < -0.4 is 10.2 Å². The molecule has 0 spiro atoms. The Morgan fingerprint density at radius 1 is 1.27 bits per heavy atom. The topological polar surface area (TPSA) is 55.8 Å². The smallest absolute Gasteiger partial charge is 0.321 e. The standard InChI is InChI=1S/C17H25N3O2/c1-13-7-10-20(12-16(13)21)17(22)18-14-5-4-6-15(11-14)19-8-2-3-9-19/h4-6,11,13,16,21H,2-3,7-10,12H2,1H3,(H,18,22). The van der Waals surface area contributed by atoms with E-state index in [0.29, 0.717) is 13.1 Å². The highest BCUT2D eigenvalue weighted by Gasteiger charge is 2.27. The fourth-order valence-corrected chi connectivity index (χ4v) is 3.19. The van der Waals surface area contributed by atoms with Crippen LogP contribution in [0.3, 0.4) is 0 Å². The Bertz CT molecular complexity index is 528. The predicted octanol–water partition coefficient (Wildman–Crippen LogP) is 2.52. The summed E-state index contributed by atoms with van der Waals surface area (Å²) in [6.07, 6.45) is 2.90. The number of rotatable bonds is 2. The van der Waals surface area contributed by atoms with Gasteiger partial charge in [0.1, 0.15) is 0 Å². The Kier molecular flexibility index (Phi) is 4.52. The Labute approximate surface area is 131 Å². The van der Waals surface area contributed by atoms with E-state index in [1.807, 2.05) is 25.1 Å². The van der Waals surface area contributed by atoms with E-state index in [2.05, 4.69) is 16.3 Å². The molecule has 2 N–H and O–H groups in total. The lowest BCUT2D eigenvalue weighted by atomic mass is 9.96. The van der Waals surface area contributed by atoms with Crippen molar-refractivity contribution in [3.63, 3.8) is 0 Å². The van der Waals surface area contributed by atoms with E-state index in [-0.39, 0.29) is 11.9 Å². The van der Waals surface area contributed by atoms with Gasteiger partial charge in [-0.2, -0.15) is 0 Å². The first-order valence-corrected chi connectivity index (χ1v) is 8.22. The summed E-state index contributed by atoms with van der Waals surface area (Å²) in [5.74, 6) is 0.266. The zero-order valence-electron chi connectivity index (χ0n) is 13.2. The largest absolute Gasteiger partial charge is 0.391 e. The average Bonchev–Trinajstić information content (AvgIpc) is 3.04. The van der Waals surface area contributed by atoms with Gasteiger partial charge < -0.3 is 20.2 Å². The second kappa shape index (κ2) is 6.57. The van der Waals surface area contributed by atoms with Gasteiger partial charge in [-0.15, -0.1) is 0 Å². The first-order chi connectivity index (χ1) is 10.6. The van der Waals surface area contributed by atoms with Crippen molar-refractivity contribution in [2.45, 2.75) is 32.3 Å². The molecule has 5 nitrogen and oxygen atoms in total. The number of piperidine rings is 1. The number of amides is 2. The fraction of sp³-hybridized carbons (Fsp3) is 0.588. The quantitative estimate of drug-likeness (QED) is 0.882. The number of urea groups is 1. The molecule has 120 valence electrons. The number of aliphatic hydroxyl groups is 1. The summed E-state index contributed by atoms with van der Waals surface area (Å²) in [7, 11) is 0. The molecule has 2 amide bonds. The lowest BCUT2D eigenvalue weighted by Gasteiger charge is -2.34. The Morgan fingerprint density at radius 2 is 2.05 bits per heavy atom. The monoisotopic (exact) mass is 303 g/mol. The van der Waals surface area contributed by atoms with Gasteiger partial charge in [0.15, 0.2) is 0 Å². The van der Waals surface area contributed by atoms with Gasteiger partial charge in [0, 0.05) is 37.6 Å². The summed E-state index contributed by atoms with van der Waals surface area (Å²) < 4.78 is 0. The molecule has 2 heterocycles. The SMILES string of the molecule is CC1CCN(C(=O)Nc2cccc(N3CCCC3)c2)CC1O. The van der Waals surface area contributed by atoms with Crippen LogP contribution in [0.25, 0.3) is 0 Å². The Morgan fingerprint density at radius 3 is 2.77 bits per heavy atom. The van der Waals surface area contributed by atoms with Crippen molar-refractivity contribution in [3.05, 3.63) is 24.3 Å². The number of hydrogen-bond acceptors (Lipinski definition) is 3. The normalized spacial score (nSPS) is 25.4. The van der Waals surface area contributed by atoms with E-state index >= 15 is 0 Å². The highest BCUT2D eigenvalue weighted by atomic mass is 16.3. The molecule has 2 atom stereocenters. The summed E-state index contributed by atoms with van der Waals surface area (Å²) in [5.41, 5.74) is 1.99. The van der Waals surface area contributed by atoms with Crippen LogP contribution in [0.1, 0.15) is 26.2 Å². The minimum absolute atomic E-state index is 0.121. The number of nitrogens with one attached hydrogen (secondary N) is 1. The maximum atomic E-state index is 12.3. The first kappa shape index (κ1) is 15.2. The van der Waals surface area contributed by atoms with E-state index in [0.717, 1.165) is 25.2 Å². The van der Waals surface area contributed by atoms with Crippen LogP contribution in [0.2, 0.25) is 0 Å². The maximum Gasteiger partial charge on any atom is 0.321 e. The van der Waals surface area contributed by atoms with E-state index in [1.165, 1.54) is 18.5 Å². The number of aliphatic hydroxyl groups excluding tert-OH is 1. The van der Waals surface area contributed by atoms with Crippen LogP contribution >= 0.6 is 0 Å². The van der Waals surface area contributed by atoms with E-state index in [1.54, 1.807) is 4.90 Å². The van der Waals surface area contributed by atoms with E-state index in [4.69, 9.17) is 0 Å². The van der Waals surface area contributed by atoms with Crippen molar-refractivity contribution in [1.82, 2.24) is 4.90 Å². The molecule has 0 aliphatic carbocycles. The molecule has 2 aliphatic rings. The third kappa shape index (κ3) is 3.35. The van der Waals surface area contributed by atoms with Crippen LogP contribution in [0, 0.1) is 5.92 Å². The molecular formula is C17H25N3O2. The van der Waals surface area contributed by atoms with Crippen molar-refractivity contribution < 1.29 is 9.90 Å². The van der Waals surface area contributed by atoms with Gasteiger partial charge in [0.2, 0.25) is 0 Å². The zero-order valence-corrected chi connectivity index (χ0v) is 13.2. The molecule has 2 aliphatic heterocycles. The molecule has 3 rings (SSSR count). The van der Waals surface area contributed by atoms with Gasteiger partial charge in [-0.3, -0.25) is 0 Å². The summed E-state index contributed by atoms with van der Waals surface area (Å²) in [6.45, 7) is 5.33. The number of nitrogens with zero attached hydrogens (tertiary/aromatic N) is 2. The van der Waals surface area contributed by atoms with Crippen LogP contribution in [0.15, 0.2) is 24.3 Å². The number of carbonyl (C=O) groups is 1. The number of hydrogen-bond donors (Lipinski definition) is 2.